The van der Waals surface area contributed by atoms with Crippen LogP contribution < -0.4 is 5.32 Å². The summed E-state index contributed by atoms with van der Waals surface area (Å²) >= 11 is 0. The molecule has 6 heteroatoms. The van der Waals surface area contributed by atoms with Crippen LogP contribution in [0.3, 0.4) is 0 Å². The van der Waals surface area contributed by atoms with Gasteiger partial charge in [-0.3, -0.25) is 0 Å². The van der Waals surface area contributed by atoms with Gasteiger partial charge in [0, 0.05) is 12.3 Å². The second-order valence-corrected chi connectivity index (χ2v) is 7.08. The van der Waals surface area contributed by atoms with Gasteiger partial charge in [0.05, 0.1) is 0 Å². The molecule has 4 nitrogen and oxygen atoms in total. The summed E-state index contributed by atoms with van der Waals surface area (Å²) < 4.78 is 36.5. The molecule has 1 atom stereocenters. The van der Waals surface area contributed by atoms with E-state index in [1.807, 2.05) is 0 Å². The zero-order valence-corrected chi connectivity index (χ0v) is 11.6. The number of piperidine rings is 1. The first kappa shape index (κ1) is 14.3. The molecule has 1 heterocycles. The Bertz CT molecular complexity index is 565. The molecule has 0 aromatic heterocycles. The Morgan fingerprint density at radius 1 is 1.47 bits per heavy atom. The maximum Gasteiger partial charge on any atom is 0.178 e. The molecule has 1 saturated heterocycles. The summed E-state index contributed by atoms with van der Waals surface area (Å²) in [6.07, 6.45) is 3.58. The van der Waals surface area contributed by atoms with Crippen LogP contribution in [0.25, 0.3) is 0 Å². The average Bonchev–Trinajstić information content (AvgIpc) is 2.33. The molecule has 1 aromatic carbocycles. The third-order valence-electron chi connectivity index (χ3n) is 3.44. The molecular formula is C13H18FNO3S. The van der Waals surface area contributed by atoms with Gasteiger partial charge in [-0.1, -0.05) is 0 Å². The Hall–Kier alpha value is -1.14. The van der Waals surface area contributed by atoms with Crippen molar-refractivity contribution in [2.24, 2.45) is 5.92 Å². The number of phenolic OH excluding ortho intramolecular Hbond substituents is 1. The van der Waals surface area contributed by atoms with Crippen molar-refractivity contribution in [3.8, 4) is 5.75 Å². The lowest BCUT2D eigenvalue weighted by molar-refractivity contribution is 0.368. The highest BCUT2D eigenvalue weighted by Crippen LogP contribution is 2.28. The summed E-state index contributed by atoms with van der Waals surface area (Å²) in [5.74, 6) is -0.588. The first-order chi connectivity index (χ1) is 8.88. The molecule has 0 radical (unpaired) electrons. The van der Waals surface area contributed by atoms with E-state index in [-0.39, 0.29) is 5.75 Å². The molecule has 2 rings (SSSR count). The van der Waals surface area contributed by atoms with Gasteiger partial charge in [-0.05, 0) is 49.9 Å². The fraction of sp³-hybridized carbons (Fsp3) is 0.538. The second kappa shape index (κ2) is 5.46. The Balaban J connectivity index is 2.25. The molecule has 1 aliphatic rings. The Labute approximate surface area is 112 Å². The van der Waals surface area contributed by atoms with Crippen LogP contribution >= 0.6 is 0 Å². The highest BCUT2D eigenvalue weighted by molar-refractivity contribution is 7.90. The van der Waals surface area contributed by atoms with Crippen LogP contribution in [-0.4, -0.2) is 32.9 Å². The maximum absolute atomic E-state index is 13.8. The molecule has 0 amide bonds. The molecule has 1 unspecified atom stereocenters. The highest BCUT2D eigenvalue weighted by Gasteiger charge is 2.20. The largest absolute Gasteiger partial charge is 0.508 e. The topological polar surface area (TPSA) is 66.4 Å². The van der Waals surface area contributed by atoms with Crippen LogP contribution in [0.2, 0.25) is 0 Å². The van der Waals surface area contributed by atoms with Gasteiger partial charge in [-0.2, -0.15) is 0 Å². The standard InChI is InChI=1S/C13H18FNO3S/c1-19(17,18)13-7-12(16)10(6-11(13)14)5-9-3-2-4-15-8-9/h6-7,9,15-16H,2-5,8H2,1H3. The van der Waals surface area contributed by atoms with Crippen LogP contribution in [0.15, 0.2) is 17.0 Å². The van der Waals surface area contributed by atoms with E-state index < -0.39 is 20.5 Å². The maximum atomic E-state index is 13.8. The Morgan fingerprint density at radius 2 is 2.21 bits per heavy atom. The third kappa shape index (κ3) is 3.45. The molecule has 0 saturated carbocycles. The molecule has 0 bridgehead atoms. The van der Waals surface area contributed by atoms with Gasteiger partial charge >= 0.3 is 0 Å². The van der Waals surface area contributed by atoms with Crippen LogP contribution in [0.5, 0.6) is 5.75 Å². The van der Waals surface area contributed by atoms with Gasteiger partial charge in [-0.25, -0.2) is 12.8 Å². The van der Waals surface area contributed by atoms with E-state index in [2.05, 4.69) is 5.32 Å². The smallest absolute Gasteiger partial charge is 0.178 e. The summed E-state index contributed by atoms with van der Waals surface area (Å²) in [5, 5.41) is 13.1. The third-order valence-corrected chi connectivity index (χ3v) is 4.55. The van der Waals surface area contributed by atoms with Gasteiger partial charge in [-0.15, -0.1) is 0 Å². The second-order valence-electron chi connectivity index (χ2n) is 5.10. The number of hydrogen-bond acceptors (Lipinski definition) is 4. The first-order valence-corrected chi connectivity index (χ1v) is 8.19. The van der Waals surface area contributed by atoms with Crippen molar-refractivity contribution in [2.75, 3.05) is 19.3 Å². The highest BCUT2D eigenvalue weighted by atomic mass is 32.2. The Morgan fingerprint density at radius 3 is 2.79 bits per heavy atom. The lowest BCUT2D eigenvalue weighted by Gasteiger charge is -2.23. The summed E-state index contributed by atoms with van der Waals surface area (Å²) in [4.78, 5) is -0.449. The molecule has 2 N–H and O–H groups in total. The lowest BCUT2D eigenvalue weighted by atomic mass is 9.92. The molecule has 1 aromatic rings. The van der Waals surface area contributed by atoms with Gasteiger partial charge in [0.2, 0.25) is 0 Å². The molecule has 0 spiro atoms. The monoisotopic (exact) mass is 287 g/mol. The molecule has 0 aliphatic carbocycles. The number of benzene rings is 1. The van der Waals surface area contributed by atoms with Crippen molar-refractivity contribution in [2.45, 2.75) is 24.2 Å². The average molecular weight is 287 g/mol. The van der Waals surface area contributed by atoms with Crippen molar-refractivity contribution in [1.82, 2.24) is 5.32 Å². The molecule has 19 heavy (non-hydrogen) atoms. The predicted molar refractivity (Wildman–Crippen MR) is 70.5 cm³/mol. The lowest BCUT2D eigenvalue weighted by Crippen LogP contribution is -2.30. The first-order valence-electron chi connectivity index (χ1n) is 6.30. The number of sulfone groups is 1. The van der Waals surface area contributed by atoms with Crippen LogP contribution in [0, 0.1) is 11.7 Å². The van der Waals surface area contributed by atoms with Crippen molar-refractivity contribution < 1.29 is 17.9 Å². The van der Waals surface area contributed by atoms with Crippen LogP contribution in [0.1, 0.15) is 18.4 Å². The molecular weight excluding hydrogens is 269 g/mol. The van der Waals surface area contributed by atoms with Crippen molar-refractivity contribution >= 4 is 9.84 Å². The molecule has 1 aliphatic heterocycles. The minimum Gasteiger partial charge on any atom is -0.508 e. The van der Waals surface area contributed by atoms with E-state index in [1.54, 1.807) is 0 Å². The van der Waals surface area contributed by atoms with Crippen LogP contribution in [0.4, 0.5) is 4.39 Å². The summed E-state index contributed by atoms with van der Waals surface area (Å²) in [5.41, 5.74) is 0.471. The minimum absolute atomic E-state index is 0.146. The molecule has 106 valence electrons. The normalized spacial score (nSPS) is 20.4. The fourth-order valence-electron chi connectivity index (χ4n) is 2.44. The van der Waals surface area contributed by atoms with E-state index in [1.165, 1.54) is 0 Å². The molecule has 1 fully saturated rings. The number of rotatable bonds is 3. The number of nitrogens with one attached hydrogen (secondary N) is 1. The van der Waals surface area contributed by atoms with Crippen LogP contribution in [-0.2, 0) is 16.3 Å². The van der Waals surface area contributed by atoms with Gasteiger partial charge < -0.3 is 10.4 Å². The van der Waals surface area contributed by atoms with E-state index in [0.717, 1.165) is 44.3 Å². The number of phenols is 1. The fourth-order valence-corrected chi connectivity index (χ4v) is 3.18. The number of halogens is 1. The minimum atomic E-state index is -3.65. The predicted octanol–water partition coefficient (Wildman–Crippen LogP) is 1.48. The van der Waals surface area contributed by atoms with Gasteiger partial charge in [0.1, 0.15) is 16.5 Å². The van der Waals surface area contributed by atoms with E-state index in [9.17, 15) is 17.9 Å². The quantitative estimate of drug-likeness (QED) is 0.883. The van der Waals surface area contributed by atoms with E-state index in [0.29, 0.717) is 17.9 Å². The number of hydrogen-bond donors (Lipinski definition) is 2. The van der Waals surface area contributed by atoms with Gasteiger partial charge in [0.15, 0.2) is 9.84 Å². The van der Waals surface area contributed by atoms with Crippen molar-refractivity contribution in [3.05, 3.63) is 23.5 Å². The van der Waals surface area contributed by atoms with Gasteiger partial charge in [0.25, 0.3) is 0 Å². The van der Waals surface area contributed by atoms with Crippen molar-refractivity contribution in [1.29, 1.82) is 0 Å². The summed E-state index contributed by atoms with van der Waals surface area (Å²) in [7, 11) is -3.65. The zero-order chi connectivity index (χ0) is 14.0. The number of aromatic hydroxyl groups is 1. The summed E-state index contributed by atoms with van der Waals surface area (Å²) in [6.45, 7) is 1.83. The van der Waals surface area contributed by atoms with E-state index in [4.69, 9.17) is 0 Å². The Kier molecular flexibility index (Phi) is 4.10. The summed E-state index contributed by atoms with van der Waals surface area (Å²) in [6, 6.07) is 2.15. The van der Waals surface area contributed by atoms with E-state index >= 15 is 0 Å². The zero-order valence-electron chi connectivity index (χ0n) is 10.8. The van der Waals surface area contributed by atoms with Crippen molar-refractivity contribution in [3.63, 3.8) is 0 Å². The SMILES string of the molecule is CS(=O)(=O)c1cc(O)c(CC2CCCNC2)cc1F.